The van der Waals surface area contributed by atoms with Crippen LogP contribution in [0.25, 0.3) is 0 Å². The molecule has 0 saturated heterocycles. The first kappa shape index (κ1) is 13.4. The van der Waals surface area contributed by atoms with Gasteiger partial charge in [0.1, 0.15) is 0 Å². The average Bonchev–Trinajstić information content (AvgIpc) is 2.48. The topological polar surface area (TPSA) is 83.5 Å². The van der Waals surface area contributed by atoms with Crippen molar-refractivity contribution < 1.29 is 18.3 Å². The lowest BCUT2D eigenvalue weighted by molar-refractivity contribution is -0.141. The summed E-state index contributed by atoms with van der Waals surface area (Å²) < 4.78 is 25.8. The van der Waals surface area contributed by atoms with E-state index in [1.54, 1.807) is 0 Å². The predicted molar refractivity (Wildman–Crippen MR) is 60.5 cm³/mol. The first-order chi connectivity index (χ1) is 7.32. The van der Waals surface area contributed by atoms with Crippen LogP contribution in [0, 0.1) is 11.8 Å². The summed E-state index contributed by atoms with van der Waals surface area (Å²) in [5.74, 6) is -1.38. The van der Waals surface area contributed by atoms with Crippen molar-refractivity contribution in [2.45, 2.75) is 39.2 Å². The van der Waals surface area contributed by atoms with Crippen molar-refractivity contribution in [1.82, 2.24) is 4.72 Å². The number of rotatable bonds is 5. The van der Waals surface area contributed by atoms with Crippen LogP contribution in [-0.4, -0.2) is 31.3 Å². The van der Waals surface area contributed by atoms with Crippen LogP contribution in [0.3, 0.4) is 0 Å². The van der Waals surface area contributed by atoms with Gasteiger partial charge in [-0.3, -0.25) is 4.79 Å². The molecule has 16 heavy (non-hydrogen) atoms. The van der Waals surface area contributed by atoms with Gasteiger partial charge in [0, 0.05) is 6.04 Å². The Hall–Kier alpha value is -0.620. The minimum atomic E-state index is -3.34. The van der Waals surface area contributed by atoms with Crippen LogP contribution in [0.1, 0.15) is 33.1 Å². The lowest BCUT2D eigenvalue weighted by Gasteiger charge is -2.18. The highest BCUT2D eigenvalue weighted by Gasteiger charge is 2.35. The summed E-state index contributed by atoms with van der Waals surface area (Å²) in [6, 6.07) is -0.429. The van der Waals surface area contributed by atoms with Gasteiger partial charge in [-0.25, -0.2) is 13.1 Å². The Balaban J connectivity index is 2.63. The molecule has 0 radical (unpaired) electrons. The summed E-state index contributed by atoms with van der Waals surface area (Å²) >= 11 is 0. The Kier molecular flexibility index (Phi) is 4.32. The second-order valence-electron chi connectivity index (χ2n) is 4.78. The molecule has 0 aromatic carbocycles. The molecule has 5 nitrogen and oxygen atoms in total. The zero-order valence-electron chi connectivity index (χ0n) is 9.64. The molecule has 0 aliphatic heterocycles. The third-order valence-corrected chi connectivity index (χ3v) is 4.48. The first-order valence-electron chi connectivity index (χ1n) is 5.54. The molecule has 1 fully saturated rings. The molecular weight excluding hydrogens is 230 g/mol. The molecule has 1 saturated carbocycles. The van der Waals surface area contributed by atoms with Crippen molar-refractivity contribution in [3.05, 3.63) is 0 Å². The third kappa shape index (κ3) is 3.75. The van der Waals surface area contributed by atoms with E-state index in [1.165, 1.54) is 0 Å². The zero-order chi connectivity index (χ0) is 12.3. The minimum Gasteiger partial charge on any atom is -0.481 e. The van der Waals surface area contributed by atoms with Crippen LogP contribution in [0.15, 0.2) is 0 Å². The second-order valence-corrected chi connectivity index (χ2v) is 6.57. The SMILES string of the molecule is CC(C)CS(=O)(=O)NC1CCCC1C(=O)O. The number of carbonyl (C=O) groups is 1. The predicted octanol–water partition coefficient (Wildman–Crippen LogP) is 0.815. The molecule has 6 heteroatoms. The number of hydrogen-bond acceptors (Lipinski definition) is 3. The molecule has 0 heterocycles. The lowest BCUT2D eigenvalue weighted by atomic mass is 10.1. The van der Waals surface area contributed by atoms with Crippen molar-refractivity contribution in [2.24, 2.45) is 11.8 Å². The first-order valence-corrected chi connectivity index (χ1v) is 7.20. The largest absolute Gasteiger partial charge is 0.481 e. The zero-order valence-corrected chi connectivity index (χ0v) is 10.5. The molecule has 0 spiro atoms. The molecule has 0 aromatic rings. The molecule has 0 aromatic heterocycles. The van der Waals surface area contributed by atoms with Crippen molar-refractivity contribution in [1.29, 1.82) is 0 Å². The van der Waals surface area contributed by atoms with Crippen LogP contribution in [-0.2, 0) is 14.8 Å². The molecule has 0 amide bonds. The molecule has 2 N–H and O–H groups in total. The third-order valence-electron chi connectivity index (χ3n) is 2.72. The van der Waals surface area contributed by atoms with Gasteiger partial charge in [0.25, 0.3) is 0 Å². The van der Waals surface area contributed by atoms with Gasteiger partial charge < -0.3 is 5.11 Å². The summed E-state index contributed by atoms with van der Waals surface area (Å²) in [6.07, 6.45) is 1.95. The fourth-order valence-electron chi connectivity index (χ4n) is 2.11. The van der Waals surface area contributed by atoms with E-state index in [2.05, 4.69) is 4.72 Å². The number of carboxylic acids is 1. The quantitative estimate of drug-likeness (QED) is 0.755. The monoisotopic (exact) mass is 249 g/mol. The molecule has 94 valence electrons. The normalized spacial score (nSPS) is 26.2. The molecule has 1 aliphatic carbocycles. The maximum atomic E-state index is 11.7. The van der Waals surface area contributed by atoms with Crippen LogP contribution in [0.2, 0.25) is 0 Å². The fraction of sp³-hybridized carbons (Fsp3) is 0.900. The molecule has 2 atom stereocenters. The van der Waals surface area contributed by atoms with E-state index in [4.69, 9.17) is 5.11 Å². The Morgan fingerprint density at radius 1 is 1.44 bits per heavy atom. The van der Waals surface area contributed by atoms with Gasteiger partial charge in [-0.15, -0.1) is 0 Å². The van der Waals surface area contributed by atoms with Gasteiger partial charge in [0.15, 0.2) is 0 Å². The number of hydrogen-bond donors (Lipinski definition) is 2. The van der Waals surface area contributed by atoms with Crippen LogP contribution in [0.4, 0.5) is 0 Å². The van der Waals surface area contributed by atoms with E-state index in [9.17, 15) is 13.2 Å². The van der Waals surface area contributed by atoms with Crippen LogP contribution in [0.5, 0.6) is 0 Å². The summed E-state index contributed by atoms with van der Waals surface area (Å²) in [5.41, 5.74) is 0. The maximum absolute atomic E-state index is 11.7. The lowest BCUT2D eigenvalue weighted by Crippen LogP contribution is -2.41. The van der Waals surface area contributed by atoms with Crippen molar-refractivity contribution in [2.75, 3.05) is 5.75 Å². The molecule has 1 rings (SSSR count). The highest BCUT2D eigenvalue weighted by atomic mass is 32.2. The van der Waals surface area contributed by atoms with E-state index in [1.807, 2.05) is 13.8 Å². The average molecular weight is 249 g/mol. The molecule has 1 aliphatic rings. The highest BCUT2D eigenvalue weighted by Crippen LogP contribution is 2.26. The van der Waals surface area contributed by atoms with Gasteiger partial charge >= 0.3 is 5.97 Å². The van der Waals surface area contributed by atoms with Gasteiger partial charge in [0.2, 0.25) is 10.0 Å². The van der Waals surface area contributed by atoms with Gasteiger partial charge in [-0.1, -0.05) is 20.3 Å². The van der Waals surface area contributed by atoms with Crippen molar-refractivity contribution in [3.8, 4) is 0 Å². The summed E-state index contributed by atoms with van der Waals surface area (Å²) in [6.45, 7) is 3.64. The van der Waals surface area contributed by atoms with Gasteiger partial charge in [-0.2, -0.15) is 0 Å². The van der Waals surface area contributed by atoms with E-state index >= 15 is 0 Å². The molecular formula is C10H19NO4S. The number of nitrogens with one attached hydrogen (secondary N) is 1. The summed E-state index contributed by atoms with van der Waals surface area (Å²) in [7, 11) is -3.34. The summed E-state index contributed by atoms with van der Waals surface area (Å²) in [5, 5.41) is 8.93. The van der Waals surface area contributed by atoms with E-state index in [-0.39, 0.29) is 11.7 Å². The van der Waals surface area contributed by atoms with Gasteiger partial charge in [0.05, 0.1) is 11.7 Å². The van der Waals surface area contributed by atoms with E-state index in [0.717, 1.165) is 6.42 Å². The van der Waals surface area contributed by atoms with E-state index in [0.29, 0.717) is 12.8 Å². The second kappa shape index (κ2) is 5.14. The number of aliphatic carboxylic acids is 1. The fourth-order valence-corrected chi connectivity index (χ4v) is 3.83. The molecule has 2 unspecified atom stereocenters. The van der Waals surface area contributed by atoms with Crippen LogP contribution < -0.4 is 4.72 Å². The Morgan fingerprint density at radius 2 is 2.06 bits per heavy atom. The maximum Gasteiger partial charge on any atom is 0.308 e. The minimum absolute atomic E-state index is 0.0437. The van der Waals surface area contributed by atoms with Crippen molar-refractivity contribution >= 4 is 16.0 Å². The summed E-state index contributed by atoms with van der Waals surface area (Å²) in [4.78, 5) is 10.9. The van der Waals surface area contributed by atoms with Crippen molar-refractivity contribution in [3.63, 3.8) is 0 Å². The Labute approximate surface area is 96.3 Å². The highest BCUT2D eigenvalue weighted by molar-refractivity contribution is 7.89. The smallest absolute Gasteiger partial charge is 0.308 e. The number of sulfonamides is 1. The van der Waals surface area contributed by atoms with E-state index < -0.39 is 28.0 Å². The standard InChI is InChI=1S/C10H19NO4S/c1-7(2)6-16(14,15)11-9-5-3-4-8(9)10(12)13/h7-9,11H,3-6H2,1-2H3,(H,12,13). The Morgan fingerprint density at radius 3 is 2.56 bits per heavy atom. The molecule has 0 bridgehead atoms. The van der Waals surface area contributed by atoms with Gasteiger partial charge in [-0.05, 0) is 18.8 Å². The van der Waals surface area contributed by atoms with Crippen LogP contribution >= 0.6 is 0 Å². The number of carboxylic acid groups (broad SMARTS) is 1. The Bertz CT molecular complexity index is 350.